The van der Waals surface area contributed by atoms with E-state index in [4.69, 9.17) is 9.97 Å². The zero-order chi connectivity index (χ0) is 42.8. The molecule has 3 nitrogen and oxygen atoms in total. The fourth-order valence-corrected chi connectivity index (χ4v) is 10.2. The number of aromatic nitrogens is 3. The number of benzene rings is 11. The molecule has 0 spiro atoms. The summed E-state index contributed by atoms with van der Waals surface area (Å²) in [5.41, 5.74) is 14.5. The van der Waals surface area contributed by atoms with Gasteiger partial charge in [0.2, 0.25) is 0 Å². The third-order valence-electron chi connectivity index (χ3n) is 13.2. The lowest BCUT2D eigenvalue weighted by atomic mass is 9.94. The van der Waals surface area contributed by atoms with Gasteiger partial charge >= 0.3 is 0 Å². The smallest absolute Gasteiger partial charge is 0.161 e. The summed E-state index contributed by atoms with van der Waals surface area (Å²) in [6.45, 7) is 0. The summed E-state index contributed by atoms with van der Waals surface area (Å²) in [7, 11) is 0. The van der Waals surface area contributed by atoms with E-state index < -0.39 is 0 Å². The van der Waals surface area contributed by atoms with E-state index in [1.54, 1.807) is 0 Å². The molecular weight excluding hydrogens is 787 g/mol. The highest BCUT2D eigenvalue weighted by molar-refractivity contribution is 6.30. The van der Waals surface area contributed by atoms with Crippen LogP contribution in [0.3, 0.4) is 0 Å². The van der Waals surface area contributed by atoms with Crippen molar-refractivity contribution in [3.8, 4) is 61.7 Å². The monoisotopic (exact) mass is 825 g/mol. The molecule has 0 amide bonds. The van der Waals surface area contributed by atoms with Crippen LogP contribution in [0.15, 0.2) is 237 Å². The summed E-state index contributed by atoms with van der Waals surface area (Å²) in [5, 5.41) is 10.7. The molecule has 0 atom stereocenters. The van der Waals surface area contributed by atoms with Crippen molar-refractivity contribution in [1.82, 2.24) is 14.5 Å². The van der Waals surface area contributed by atoms with Gasteiger partial charge in [-0.3, -0.25) is 0 Å². The Balaban J connectivity index is 0.991. The summed E-state index contributed by atoms with van der Waals surface area (Å²) in [4.78, 5) is 10.7. The Morgan fingerprint density at radius 3 is 1.55 bits per heavy atom. The summed E-state index contributed by atoms with van der Waals surface area (Å²) in [5.74, 6) is 0.701. The minimum atomic E-state index is 0.701. The van der Waals surface area contributed by atoms with E-state index in [0.29, 0.717) is 5.82 Å². The molecule has 0 saturated heterocycles. The second-order valence-corrected chi connectivity index (χ2v) is 16.9. The van der Waals surface area contributed by atoms with E-state index in [0.717, 1.165) is 49.7 Å². The molecule has 0 radical (unpaired) electrons. The highest BCUT2D eigenvalue weighted by Crippen LogP contribution is 2.45. The molecule has 3 heteroatoms. The van der Waals surface area contributed by atoms with Gasteiger partial charge in [-0.2, -0.15) is 0 Å². The summed E-state index contributed by atoms with van der Waals surface area (Å²) in [6, 6.07) is 85.2. The molecular formula is C62H39N3. The number of hydrogen-bond donors (Lipinski definition) is 0. The van der Waals surface area contributed by atoms with Crippen molar-refractivity contribution in [1.29, 1.82) is 0 Å². The van der Waals surface area contributed by atoms with Gasteiger partial charge in [-0.1, -0.05) is 212 Å². The van der Waals surface area contributed by atoms with Crippen LogP contribution in [0, 0.1) is 0 Å². The first-order valence-electron chi connectivity index (χ1n) is 22.2. The topological polar surface area (TPSA) is 30.7 Å². The van der Waals surface area contributed by atoms with Gasteiger partial charge in [-0.25, -0.2) is 9.97 Å². The minimum Gasteiger partial charge on any atom is -0.309 e. The van der Waals surface area contributed by atoms with Gasteiger partial charge in [0.15, 0.2) is 5.82 Å². The first kappa shape index (κ1) is 36.9. The third kappa shape index (κ3) is 6.05. The number of hydrogen-bond acceptors (Lipinski definition) is 2. The molecule has 2 heterocycles. The van der Waals surface area contributed by atoms with E-state index in [9.17, 15) is 0 Å². The highest BCUT2D eigenvalue weighted by Gasteiger charge is 2.22. The van der Waals surface area contributed by atoms with Crippen molar-refractivity contribution in [2.24, 2.45) is 0 Å². The average Bonchev–Trinajstić information content (AvgIpc) is 3.73. The summed E-state index contributed by atoms with van der Waals surface area (Å²) >= 11 is 0. The van der Waals surface area contributed by atoms with Crippen LogP contribution < -0.4 is 0 Å². The standard InChI is InChI=1S/C62H39N3/c1-3-15-40(16-4-1)41-29-31-42(32-30-41)43-33-35-46(36-34-43)61-53-23-11-12-27-55(53)63-62(64-61)52-26-13-25-50-48(52)24-14-28-56(50)65-57-38-37-45-19-7-8-20-47(45)59(57)60-51-22-10-9-21-49(51)54(39-58(60)65)44-17-5-2-6-18-44/h1-39H. The van der Waals surface area contributed by atoms with Crippen LogP contribution in [0.25, 0.3) is 127 Å². The second kappa shape index (κ2) is 15.0. The Kier molecular flexibility index (Phi) is 8.53. The highest BCUT2D eigenvalue weighted by atomic mass is 15.0. The van der Waals surface area contributed by atoms with E-state index >= 15 is 0 Å². The van der Waals surface area contributed by atoms with Crippen LogP contribution in [0.4, 0.5) is 0 Å². The lowest BCUT2D eigenvalue weighted by Crippen LogP contribution is -1.98. The van der Waals surface area contributed by atoms with Gasteiger partial charge in [0.1, 0.15) is 0 Å². The number of rotatable bonds is 6. The Bertz CT molecular complexity index is 3960. The first-order valence-corrected chi connectivity index (χ1v) is 22.2. The van der Waals surface area contributed by atoms with E-state index in [1.807, 2.05) is 0 Å². The van der Waals surface area contributed by atoms with Crippen molar-refractivity contribution >= 4 is 65.0 Å². The maximum absolute atomic E-state index is 5.43. The molecule has 11 aromatic carbocycles. The molecule has 0 N–H and O–H groups in total. The Morgan fingerprint density at radius 1 is 0.292 bits per heavy atom. The molecule has 0 fully saturated rings. The molecule has 13 rings (SSSR count). The zero-order valence-electron chi connectivity index (χ0n) is 35.4. The van der Waals surface area contributed by atoms with Gasteiger partial charge < -0.3 is 4.57 Å². The fraction of sp³-hybridized carbons (Fsp3) is 0. The molecule has 0 unspecified atom stereocenters. The van der Waals surface area contributed by atoms with Gasteiger partial charge in [-0.15, -0.1) is 0 Å². The molecule has 2 aromatic heterocycles. The van der Waals surface area contributed by atoms with Crippen LogP contribution >= 0.6 is 0 Å². The lowest BCUT2D eigenvalue weighted by Gasteiger charge is -2.16. The number of para-hydroxylation sites is 1. The van der Waals surface area contributed by atoms with Gasteiger partial charge in [0.25, 0.3) is 0 Å². The van der Waals surface area contributed by atoms with E-state index in [2.05, 4.69) is 241 Å². The van der Waals surface area contributed by atoms with Crippen LogP contribution in [-0.2, 0) is 0 Å². The lowest BCUT2D eigenvalue weighted by molar-refractivity contribution is 1.20. The average molecular weight is 826 g/mol. The van der Waals surface area contributed by atoms with Crippen molar-refractivity contribution in [2.75, 3.05) is 0 Å². The zero-order valence-corrected chi connectivity index (χ0v) is 35.4. The Labute approximate surface area is 376 Å². The largest absolute Gasteiger partial charge is 0.309 e. The van der Waals surface area contributed by atoms with Gasteiger partial charge in [-0.05, 0) is 84.6 Å². The molecule has 65 heavy (non-hydrogen) atoms. The van der Waals surface area contributed by atoms with E-state index in [1.165, 1.54) is 71.2 Å². The normalized spacial score (nSPS) is 11.7. The predicted molar refractivity (Wildman–Crippen MR) is 274 cm³/mol. The van der Waals surface area contributed by atoms with Crippen LogP contribution in [0.2, 0.25) is 0 Å². The van der Waals surface area contributed by atoms with Crippen molar-refractivity contribution in [2.45, 2.75) is 0 Å². The molecule has 13 aromatic rings. The Hall–Kier alpha value is -8.66. The fourth-order valence-electron chi connectivity index (χ4n) is 10.2. The van der Waals surface area contributed by atoms with Crippen molar-refractivity contribution in [3.63, 3.8) is 0 Å². The van der Waals surface area contributed by atoms with Crippen LogP contribution in [-0.4, -0.2) is 14.5 Å². The molecule has 0 saturated carbocycles. The molecule has 0 aliphatic rings. The molecule has 302 valence electrons. The van der Waals surface area contributed by atoms with Crippen molar-refractivity contribution in [3.05, 3.63) is 237 Å². The molecule has 0 aliphatic carbocycles. The third-order valence-corrected chi connectivity index (χ3v) is 13.2. The van der Waals surface area contributed by atoms with Gasteiger partial charge in [0.05, 0.1) is 27.9 Å². The van der Waals surface area contributed by atoms with Crippen molar-refractivity contribution < 1.29 is 0 Å². The molecule has 0 aliphatic heterocycles. The first-order chi connectivity index (χ1) is 32.2. The SMILES string of the molecule is c1ccc(-c2ccc(-c3ccc(-c4nc(-c5cccc6c(-n7c8ccc9ccccc9c8c8c9ccccc9c(-c9ccccc9)cc87)cccc56)nc5ccccc45)cc3)cc2)cc1. The predicted octanol–water partition coefficient (Wildman–Crippen LogP) is 16.5. The quantitative estimate of drug-likeness (QED) is 0.167. The number of nitrogens with zero attached hydrogens (tertiary/aromatic N) is 3. The Morgan fingerprint density at radius 2 is 0.815 bits per heavy atom. The molecule has 0 bridgehead atoms. The minimum absolute atomic E-state index is 0.701. The van der Waals surface area contributed by atoms with E-state index in [-0.39, 0.29) is 0 Å². The summed E-state index contributed by atoms with van der Waals surface area (Å²) < 4.78 is 2.49. The summed E-state index contributed by atoms with van der Waals surface area (Å²) in [6.07, 6.45) is 0. The van der Waals surface area contributed by atoms with Crippen LogP contribution in [0.1, 0.15) is 0 Å². The van der Waals surface area contributed by atoms with Crippen LogP contribution in [0.5, 0.6) is 0 Å². The van der Waals surface area contributed by atoms with Gasteiger partial charge in [0, 0.05) is 32.7 Å². The number of fused-ring (bicyclic) bond motifs is 9. The second-order valence-electron chi connectivity index (χ2n) is 16.9. The maximum atomic E-state index is 5.43. The maximum Gasteiger partial charge on any atom is 0.161 e.